The summed E-state index contributed by atoms with van der Waals surface area (Å²) in [5.74, 6) is -0.265. The summed E-state index contributed by atoms with van der Waals surface area (Å²) >= 11 is 0. The van der Waals surface area contributed by atoms with Gasteiger partial charge in [0.15, 0.2) is 0 Å². The summed E-state index contributed by atoms with van der Waals surface area (Å²) < 4.78 is 5.71. The van der Waals surface area contributed by atoms with Crippen molar-refractivity contribution in [2.75, 3.05) is 6.61 Å². The molecule has 0 bridgehead atoms. The molecule has 0 aliphatic carbocycles. The largest absolute Gasteiger partial charge is 0.371 e. The number of nitrogens with one attached hydrogen (secondary N) is 2. The molecule has 1 aliphatic heterocycles. The molecule has 2 atom stereocenters. The number of ether oxygens (including phenoxy) is 1. The second-order valence-electron chi connectivity index (χ2n) is 5.36. The van der Waals surface area contributed by atoms with Crippen LogP contribution in [0.5, 0.6) is 0 Å². The van der Waals surface area contributed by atoms with Crippen molar-refractivity contribution >= 4 is 5.91 Å². The van der Waals surface area contributed by atoms with Crippen LogP contribution >= 0.6 is 0 Å². The number of nitrogens with zero attached hydrogens (tertiary/aromatic N) is 1. The second kappa shape index (κ2) is 6.11. The quantitative estimate of drug-likeness (QED) is 0.895. The first-order valence-electron chi connectivity index (χ1n) is 7.17. The number of H-pyrrole nitrogens is 1. The molecule has 0 saturated carbocycles. The van der Waals surface area contributed by atoms with Gasteiger partial charge in [0.25, 0.3) is 5.91 Å². The van der Waals surface area contributed by atoms with Crippen molar-refractivity contribution in [3.05, 3.63) is 63.8 Å². The van der Waals surface area contributed by atoms with Crippen molar-refractivity contribution < 1.29 is 9.53 Å². The van der Waals surface area contributed by atoms with Crippen LogP contribution in [0.25, 0.3) is 0 Å². The molecule has 1 amide bonds. The molecular weight excluding hydrogens is 282 g/mol. The molecule has 1 aliphatic rings. The minimum absolute atomic E-state index is 0.128. The number of pyridine rings is 2. The third-order valence-corrected chi connectivity index (χ3v) is 3.66. The van der Waals surface area contributed by atoms with Gasteiger partial charge in [0.1, 0.15) is 6.10 Å². The highest BCUT2D eigenvalue weighted by atomic mass is 16.5. The van der Waals surface area contributed by atoms with Gasteiger partial charge in [-0.05, 0) is 25.5 Å². The topological polar surface area (TPSA) is 84.1 Å². The van der Waals surface area contributed by atoms with Crippen LogP contribution in [0.3, 0.4) is 0 Å². The molecule has 1 saturated heterocycles. The van der Waals surface area contributed by atoms with Crippen LogP contribution in [0.15, 0.2) is 41.5 Å². The van der Waals surface area contributed by atoms with Gasteiger partial charge in [-0.15, -0.1) is 0 Å². The molecule has 2 aromatic heterocycles. The molecule has 22 heavy (non-hydrogen) atoms. The zero-order valence-electron chi connectivity index (χ0n) is 12.2. The van der Waals surface area contributed by atoms with Gasteiger partial charge in [-0.1, -0.05) is 6.07 Å². The van der Waals surface area contributed by atoms with E-state index in [9.17, 15) is 9.59 Å². The molecule has 0 aromatic carbocycles. The predicted molar refractivity (Wildman–Crippen MR) is 80.6 cm³/mol. The lowest BCUT2D eigenvalue weighted by Gasteiger charge is -2.20. The number of carbonyl (C=O) groups excluding carboxylic acids is 1. The maximum Gasteiger partial charge on any atom is 0.251 e. The third kappa shape index (κ3) is 3.07. The van der Waals surface area contributed by atoms with Crippen LogP contribution in [-0.2, 0) is 4.74 Å². The van der Waals surface area contributed by atoms with E-state index >= 15 is 0 Å². The van der Waals surface area contributed by atoms with Gasteiger partial charge in [0.2, 0.25) is 5.56 Å². The average molecular weight is 299 g/mol. The Hall–Kier alpha value is -2.47. The molecule has 0 spiro atoms. The SMILES string of the molecule is Cc1cc(C(=O)N[C@H]2CCO[C@@H]2c2cccnc2)cc(=O)[nH]1. The van der Waals surface area contributed by atoms with E-state index in [4.69, 9.17) is 4.74 Å². The van der Waals surface area contributed by atoms with Crippen molar-refractivity contribution in [3.63, 3.8) is 0 Å². The Labute approximate surface area is 127 Å². The third-order valence-electron chi connectivity index (χ3n) is 3.66. The molecule has 2 aromatic rings. The van der Waals surface area contributed by atoms with E-state index < -0.39 is 0 Å². The molecule has 3 rings (SSSR count). The highest BCUT2D eigenvalue weighted by molar-refractivity contribution is 5.94. The Morgan fingerprint density at radius 2 is 2.32 bits per heavy atom. The minimum Gasteiger partial charge on any atom is -0.371 e. The Morgan fingerprint density at radius 1 is 1.45 bits per heavy atom. The van der Waals surface area contributed by atoms with E-state index in [1.165, 1.54) is 6.07 Å². The molecule has 0 radical (unpaired) electrons. The molecule has 3 heterocycles. The van der Waals surface area contributed by atoms with Crippen molar-refractivity contribution in [2.45, 2.75) is 25.5 Å². The standard InChI is InChI=1S/C16H17N3O3/c1-10-7-12(8-14(20)18-10)16(21)19-13-4-6-22-15(13)11-3-2-5-17-9-11/h2-3,5,7-9,13,15H,4,6H2,1H3,(H,18,20)(H,19,21)/t13-,15+/m0/s1. The maximum atomic E-state index is 12.3. The van der Waals surface area contributed by atoms with Crippen LogP contribution < -0.4 is 10.9 Å². The lowest BCUT2D eigenvalue weighted by molar-refractivity contribution is 0.0820. The van der Waals surface area contributed by atoms with Gasteiger partial charge in [0.05, 0.1) is 6.04 Å². The van der Waals surface area contributed by atoms with E-state index in [1.54, 1.807) is 25.4 Å². The van der Waals surface area contributed by atoms with Gasteiger partial charge in [-0.25, -0.2) is 0 Å². The van der Waals surface area contributed by atoms with Crippen molar-refractivity contribution in [1.82, 2.24) is 15.3 Å². The fraction of sp³-hybridized carbons (Fsp3) is 0.312. The summed E-state index contributed by atoms with van der Waals surface area (Å²) in [6.45, 7) is 2.33. The Bertz CT molecular complexity index is 727. The summed E-state index contributed by atoms with van der Waals surface area (Å²) in [5, 5.41) is 2.95. The normalized spacial score (nSPS) is 20.8. The number of hydrogen-bond donors (Lipinski definition) is 2. The van der Waals surface area contributed by atoms with Crippen molar-refractivity contribution in [3.8, 4) is 0 Å². The first-order valence-corrected chi connectivity index (χ1v) is 7.17. The van der Waals surface area contributed by atoms with Gasteiger partial charge < -0.3 is 15.0 Å². The Kier molecular flexibility index (Phi) is 4.02. The molecule has 2 N–H and O–H groups in total. The van der Waals surface area contributed by atoms with Crippen molar-refractivity contribution in [1.29, 1.82) is 0 Å². The fourth-order valence-electron chi connectivity index (χ4n) is 2.68. The molecular formula is C16H17N3O3. The van der Waals surface area contributed by atoms with Crippen LogP contribution in [0, 0.1) is 6.92 Å². The lowest BCUT2D eigenvalue weighted by Crippen LogP contribution is -2.37. The summed E-state index contributed by atoms with van der Waals surface area (Å²) in [4.78, 5) is 30.5. The monoisotopic (exact) mass is 299 g/mol. The number of aryl methyl sites for hydroxylation is 1. The molecule has 6 heteroatoms. The van der Waals surface area contributed by atoms with Crippen LogP contribution in [0.4, 0.5) is 0 Å². The number of aromatic nitrogens is 2. The summed E-state index contributed by atoms with van der Waals surface area (Å²) in [7, 11) is 0. The minimum atomic E-state index is -0.281. The lowest BCUT2D eigenvalue weighted by atomic mass is 10.0. The fourth-order valence-corrected chi connectivity index (χ4v) is 2.68. The first kappa shape index (κ1) is 14.5. The highest BCUT2D eigenvalue weighted by Crippen LogP contribution is 2.28. The molecule has 0 unspecified atom stereocenters. The number of rotatable bonds is 3. The summed E-state index contributed by atoms with van der Waals surface area (Å²) in [6, 6.07) is 6.61. The Balaban J connectivity index is 1.77. The zero-order valence-corrected chi connectivity index (χ0v) is 12.2. The van der Waals surface area contributed by atoms with E-state index in [0.717, 1.165) is 12.0 Å². The average Bonchev–Trinajstić information content (AvgIpc) is 2.95. The maximum absolute atomic E-state index is 12.3. The number of aromatic amines is 1. The van der Waals surface area contributed by atoms with E-state index in [1.807, 2.05) is 12.1 Å². The summed E-state index contributed by atoms with van der Waals surface area (Å²) in [5.41, 5.74) is 1.67. The van der Waals surface area contributed by atoms with Crippen LogP contribution in [-0.4, -0.2) is 28.5 Å². The van der Waals surface area contributed by atoms with Crippen molar-refractivity contribution in [2.24, 2.45) is 0 Å². The summed E-state index contributed by atoms with van der Waals surface area (Å²) in [6.07, 6.45) is 3.96. The van der Waals surface area contributed by atoms with E-state index in [2.05, 4.69) is 15.3 Å². The predicted octanol–water partition coefficient (Wildman–Crippen LogP) is 1.34. The Morgan fingerprint density at radius 3 is 3.05 bits per heavy atom. The number of hydrogen-bond acceptors (Lipinski definition) is 4. The number of amides is 1. The van der Waals surface area contributed by atoms with Gasteiger partial charge >= 0.3 is 0 Å². The van der Waals surface area contributed by atoms with E-state index in [-0.39, 0.29) is 23.6 Å². The van der Waals surface area contributed by atoms with Gasteiger partial charge in [-0.2, -0.15) is 0 Å². The second-order valence-corrected chi connectivity index (χ2v) is 5.36. The molecule has 1 fully saturated rings. The zero-order chi connectivity index (χ0) is 15.5. The van der Waals surface area contributed by atoms with Crippen LogP contribution in [0.2, 0.25) is 0 Å². The van der Waals surface area contributed by atoms with Gasteiger partial charge in [-0.3, -0.25) is 14.6 Å². The number of carbonyl (C=O) groups is 1. The van der Waals surface area contributed by atoms with Gasteiger partial charge in [0, 0.05) is 41.9 Å². The smallest absolute Gasteiger partial charge is 0.251 e. The highest BCUT2D eigenvalue weighted by Gasteiger charge is 2.31. The van der Waals surface area contributed by atoms with Crippen LogP contribution in [0.1, 0.15) is 34.1 Å². The van der Waals surface area contributed by atoms with E-state index in [0.29, 0.717) is 17.9 Å². The molecule has 6 nitrogen and oxygen atoms in total. The molecule has 114 valence electrons. The first-order chi connectivity index (χ1) is 10.6.